The molecule has 2 rings (SSSR count). The van der Waals surface area contributed by atoms with E-state index in [1.165, 1.54) is 0 Å². The monoisotopic (exact) mass is 192 g/mol. The molecule has 0 heterocycles. The first-order chi connectivity index (χ1) is 6.63. The third-order valence-electron chi connectivity index (χ3n) is 2.67. The van der Waals surface area contributed by atoms with E-state index in [0.717, 1.165) is 5.75 Å². The molecule has 2 atom stereocenters. The highest BCUT2D eigenvalue weighted by Crippen LogP contribution is 2.48. The Kier molecular flexibility index (Phi) is 1.95. The number of para-hydroxylation sites is 1. The number of carboxylic acid groups (broad SMARTS) is 1. The quantitative estimate of drug-likeness (QED) is 0.795. The second-order valence-electron chi connectivity index (χ2n) is 3.85. The Morgan fingerprint density at radius 2 is 2.14 bits per heavy atom. The molecule has 1 aliphatic carbocycles. The lowest BCUT2D eigenvalue weighted by Crippen LogP contribution is -2.18. The van der Waals surface area contributed by atoms with Crippen molar-refractivity contribution >= 4 is 5.97 Å². The molecule has 0 aromatic heterocycles. The van der Waals surface area contributed by atoms with E-state index in [0.29, 0.717) is 6.42 Å². The van der Waals surface area contributed by atoms with Crippen LogP contribution < -0.4 is 4.74 Å². The summed E-state index contributed by atoms with van der Waals surface area (Å²) in [6.07, 6.45) is 0.416. The van der Waals surface area contributed by atoms with Gasteiger partial charge in [0.1, 0.15) is 17.3 Å². The van der Waals surface area contributed by atoms with Crippen molar-refractivity contribution in [2.24, 2.45) is 5.41 Å². The number of carbonyl (C=O) groups is 1. The zero-order valence-corrected chi connectivity index (χ0v) is 7.93. The highest BCUT2D eigenvalue weighted by atomic mass is 16.5. The van der Waals surface area contributed by atoms with Crippen molar-refractivity contribution in [2.45, 2.75) is 19.4 Å². The average Bonchev–Trinajstić information content (AvgIpc) is 2.80. The Morgan fingerprint density at radius 3 is 2.64 bits per heavy atom. The number of ether oxygens (including phenoxy) is 1. The molecular weight excluding hydrogens is 180 g/mol. The number of rotatable bonds is 3. The van der Waals surface area contributed by atoms with Crippen molar-refractivity contribution in [3.8, 4) is 5.75 Å². The molecule has 3 heteroatoms. The number of hydrogen-bond donors (Lipinski definition) is 1. The zero-order valence-electron chi connectivity index (χ0n) is 7.93. The fourth-order valence-corrected chi connectivity index (χ4v) is 1.39. The molecule has 1 aromatic carbocycles. The highest BCUT2D eigenvalue weighted by molar-refractivity contribution is 5.78. The van der Waals surface area contributed by atoms with Gasteiger partial charge in [-0.2, -0.15) is 0 Å². The Bertz CT molecular complexity index is 347. The van der Waals surface area contributed by atoms with E-state index in [4.69, 9.17) is 9.84 Å². The van der Waals surface area contributed by atoms with E-state index < -0.39 is 11.4 Å². The maximum atomic E-state index is 10.8. The van der Waals surface area contributed by atoms with Crippen molar-refractivity contribution in [1.82, 2.24) is 0 Å². The molecule has 3 nitrogen and oxygen atoms in total. The third kappa shape index (κ3) is 1.45. The van der Waals surface area contributed by atoms with Gasteiger partial charge >= 0.3 is 5.97 Å². The topological polar surface area (TPSA) is 46.5 Å². The van der Waals surface area contributed by atoms with Gasteiger partial charge < -0.3 is 9.84 Å². The molecule has 0 bridgehead atoms. The van der Waals surface area contributed by atoms with Gasteiger partial charge in [0, 0.05) is 6.42 Å². The van der Waals surface area contributed by atoms with Crippen LogP contribution in [0.15, 0.2) is 30.3 Å². The summed E-state index contributed by atoms with van der Waals surface area (Å²) in [7, 11) is 0. The zero-order chi connectivity index (χ0) is 10.2. The van der Waals surface area contributed by atoms with Crippen molar-refractivity contribution in [2.75, 3.05) is 0 Å². The van der Waals surface area contributed by atoms with Crippen LogP contribution in [0.4, 0.5) is 0 Å². The van der Waals surface area contributed by atoms with Crippen LogP contribution in [0.5, 0.6) is 5.75 Å². The first-order valence-electron chi connectivity index (χ1n) is 4.58. The number of hydrogen-bond acceptors (Lipinski definition) is 2. The smallest absolute Gasteiger partial charge is 0.313 e. The molecule has 2 unspecified atom stereocenters. The lowest BCUT2D eigenvalue weighted by molar-refractivity contribution is -0.143. The summed E-state index contributed by atoms with van der Waals surface area (Å²) in [4.78, 5) is 10.8. The average molecular weight is 192 g/mol. The number of carboxylic acids is 1. The summed E-state index contributed by atoms with van der Waals surface area (Å²) < 4.78 is 5.52. The maximum Gasteiger partial charge on any atom is 0.313 e. The minimum absolute atomic E-state index is 0.178. The van der Waals surface area contributed by atoms with E-state index in [9.17, 15) is 4.79 Å². The Hall–Kier alpha value is -1.51. The molecule has 0 aliphatic heterocycles. The standard InChI is InChI=1S/C11H12O3/c1-11(10(12)13)7-9(11)14-8-5-3-2-4-6-8/h2-6,9H,7H2,1H3,(H,12,13). The Morgan fingerprint density at radius 1 is 1.50 bits per heavy atom. The molecule has 1 aromatic rings. The first kappa shape index (κ1) is 9.06. The SMILES string of the molecule is CC1(C(=O)O)CC1Oc1ccccc1. The van der Waals surface area contributed by atoms with E-state index in [2.05, 4.69) is 0 Å². The van der Waals surface area contributed by atoms with Gasteiger partial charge in [-0.25, -0.2) is 0 Å². The molecule has 1 N–H and O–H groups in total. The van der Waals surface area contributed by atoms with Gasteiger partial charge in [0.15, 0.2) is 0 Å². The summed E-state index contributed by atoms with van der Waals surface area (Å²) in [6.45, 7) is 1.71. The molecular formula is C11H12O3. The largest absolute Gasteiger partial charge is 0.489 e. The predicted molar refractivity (Wildman–Crippen MR) is 51.2 cm³/mol. The van der Waals surface area contributed by atoms with E-state index >= 15 is 0 Å². The summed E-state index contributed by atoms with van der Waals surface area (Å²) in [5.74, 6) is -0.0408. The summed E-state index contributed by atoms with van der Waals surface area (Å²) in [5.41, 5.74) is -0.685. The van der Waals surface area contributed by atoms with Crippen molar-refractivity contribution in [3.05, 3.63) is 30.3 Å². The van der Waals surface area contributed by atoms with Crippen molar-refractivity contribution in [3.63, 3.8) is 0 Å². The number of benzene rings is 1. The minimum Gasteiger partial charge on any atom is -0.489 e. The van der Waals surface area contributed by atoms with Crippen LogP contribution in [0.25, 0.3) is 0 Å². The lowest BCUT2D eigenvalue weighted by Gasteiger charge is -2.07. The van der Waals surface area contributed by atoms with E-state index in [1.54, 1.807) is 6.92 Å². The molecule has 74 valence electrons. The molecule has 0 amide bonds. The molecule has 0 saturated heterocycles. The summed E-state index contributed by atoms with van der Waals surface area (Å²) in [5, 5.41) is 8.88. The Balaban J connectivity index is 2.00. The van der Waals surface area contributed by atoms with Gasteiger partial charge in [0.2, 0.25) is 0 Å². The van der Waals surface area contributed by atoms with Gasteiger partial charge in [0.25, 0.3) is 0 Å². The lowest BCUT2D eigenvalue weighted by atomic mass is 10.1. The van der Waals surface area contributed by atoms with Crippen molar-refractivity contribution < 1.29 is 14.6 Å². The molecule has 0 spiro atoms. The first-order valence-corrected chi connectivity index (χ1v) is 4.58. The van der Waals surface area contributed by atoms with E-state index in [-0.39, 0.29) is 6.10 Å². The van der Waals surface area contributed by atoms with Gasteiger partial charge in [0.05, 0.1) is 0 Å². The van der Waals surface area contributed by atoms with E-state index in [1.807, 2.05) is 30.3 Å². The van der Waals surface area contributed by atoms with Gasteiger partial charge in [-0.15, -0.1) is 0 Å². The van der Waals surface area contributed by atoms with Crippen LogP contribution in [0.1, 0.15) is 13.3 Å². The molecule has 1 fully saturated rings. The van der Waals surface area contributed by atoms with Crippen molar-refractivity contribution in [1.29, 1.82) is 0 Å². The van der Waals surface area contributed by atoms with Crippen LogP contribution in [-0.4, -0.2) is 17.2 Å². The van der Waals surface area contributed by atoms with Crippen LogP contribution in [0, 0.1) is 5.41 Å². The third-order valence-corrected chi connectivity index (χ3v) is 2.67. The van der Waals surface area contributed by atoms with Crippen LogP contribution >= 0.6 is 0 Å². The summed E-state index contributed by atoms with van der Waals surface area (Å²) >= 11 is 0. The molecule has 0 radical (unpaired) electrons. The predicted octanol–water partition coefficient (Wildman–Crippen LogP) is 1.93. The molecule has 14 heavy (non-hydrogen) atoms. The minimum atomic E-state index is -0.779. The van der Waals surface area contributed by atoms with Crippen LogP contribution in [0.2, 0.25) is 0 Å². The van der Waals surface area contributed by atoms with Gasteiger partial charge in [-0.1, -0.05) is 18.2 Å². The second-order valence-corrected chi connectivity index (χ2v) is 3.85. The molecule has 1 aliphatic rings. The normalized spacial score (nSPS) is 29.6. The Labute approximate surface area is 82.3 Å². The fraction of sp³-hybridized carbons (Fsp3) is 0.364. The highest BCUT2D eigenvalue weighted by Gasteiger charge is 2.59. The maximum absolute atomic E-state index is 10.8. The van der Waals surface area contributed by atoms with Crippen LogP contribution in [0.3, 0.4) is 0 Å². The van der Waals surface area contributed by atoms with Gasteiger partial charge in [-0.05, 0) is 19.1 Å². The fourth-order valence-electron chi connectivity index (χ4n) is 1.39. The summed E-state index contributed by atoms with van der Waals surface area (Å²) in [6, 6.07) is 9.31. The second kappa shape index (κ2) is 3.01. The number of aliphatic carboxylic acids is 1. The van der Waals surface area contributed by atoms with Crippen LogP contribution in [-0.2, 0) is 4.79 Å². The molecule has 1 saturated carbocycles. The van der Waals surface area contributed by atoms with Gasteiger partial charge in [-0.3, -0.25) is 4.79 Å².